The van der Waals surface area contributed by atoms with E-state index in [1.807, 2.05) is 18.2 Å². The second-order valence-electron chi connectivity index (χ2n) is 5.07. The number of hydrogen-bond donors (Lipinski definition) is 1. The van der Waals surface area contributed by atoms with Gasteiger partial charge in [0.05, 0.1) is 11.1 Å². The normalized spacial score (nSPS) is 16.6. The Hall–Kier alpha value is -3.12. The van der Waals surface area contributed by atoms with Crippen molar-refractivity contribution in [3.05, 3.63) is 77.3 Å². The van der Waals surface area contributed by atoms with Crippen molar-refractivity contribution in [2.75, 3.05) is 6.61 Å². The van der Waals surface area contributed by atoms with Gasteiger partial charge >= 0.3 is 0 Å². The molecule has 0 bridgehead atoms. The fourth-order valence-corrected chi connectivity index (χ4v) is 2.58. The molecule has 23 heavy (non-hydrogen) atoms. The molecule has 1 N–H and O–H groups in total. The van der Waals surface area contributed by atoms with Crippen LogP contribution in [0.15, 0.2) is 66.2 Å². The van der Waals surface area contributed by atoms with E-state index < -0.39 is 0 Å². The van der Waals surface area contributed by atoms with E-state index in [2.05, 4.69) is 5.48 Å². The minimum absolute atomic E-state index is 0.0631. The van der Waals surface area contributed by atoms with Gasteiger partial charge in [-0.25, -0.2) is 10.4 Å². The van der Waals surface area contributed by atoms with Crippen LogP contribution >= 0.6 is 0 Å². The molecule has 2 aliphatic rings. The molecule has 0 saturated heterocycles. The fourth-order valence-electron chi connectivity index (χ4n) is 2.58. The summed E-state index contributed by atoms with van der Waals surface area (Å²) in [5, 5.41) is 0. The van der Waals surface area contributed by atoms with E-state index >= 15 is 0 Å². The van der Waals surface area contributed by atoms with E-state index in [1.54, 1.807) is 36.4 Å². The van der Waals surface area contributed by atoms with E-state index in [1.165, 1.54) is 0 Å². The molecule has 6 heteroatoms. The lowest BCUT2D eigenvalue weighted by Crippen LogP contribution is -2.31. The molecule has 0 unspecified atom stereocenters. The highest BCUT2D eigenvalue weighted by Gasteiger charge is 2.40. The third-order valence-electron chi connectivity index (χ3n) is 3.66. The number of rotatable bonds is 3. The van der Waals surface area contributed by atoms with Crippen LogP contribution in [0.5, 0.6) is 5.75 Å². The van der Waals surface area contributed by atoms with Gasteiger partial charge in [0.2, 0.25) is 5.88 Å². The Balaban J connectivity index is 1.71. The summed E-state index contributed by atoms with van der Waals surface area (Å²) < 4.78 is 5.69. The molecule has 2 aliphatic heterocycles. The summed E-state index contributed by atoms with van der Waals surface area (Å²) in [5.41, 5.74) is 3.74. The molecule has 0 atom stereocenters. The van der Waals surface area contributed by atoms with Gasteiger partial charge in [0.15, 0.2) is 0 Å². The molecule has 114 valence electrons. The van der Waals surface area contributed by atoms with Crippen molar-refractivity contribution < 1.29 is 19.2 Å². The van der Waals surface area contributed by atoms with Crippen molar-refractivity contribution in [2.45, 2.75) is 0 Å². The summed E-state index contributed by atoms with van der Waals surface area (Å²) in [6.45, 7) is 0.0631. The molecule has 0 saturated carbocycles. The molecule has 2 aromatic carbocycles. The maximum Gasteiger partial charge on any atom is 0.266 e. The molecule has 2 amide bonds. The minimum atomic E-state index is -0.373. The third-order valence-corrected chi connectivity index (χ3v) is 3.66. The number of nitrogens with one attached hydrogen (secondary N) is 1. The lowest BCUT2D eigenvalue weighted by Gasteiger charge is -2.15. The number of hydrogen-bond acceptors (Lipinski definition) is 5. The van der Waals surface area contributed by atoms with Crippen LogP contribution in [0.2, 0.25) is 0 Å². The van der Waals surface area contributed by atoms with Gasteiger partial charge in [0.1, 0.15) is 18.1 Å². The number of hydroxylamine groups is 1. The molecule has 2 heterocycles. The van der Waals surface area contributed by atoms with Crippen LogP contribution in [0.1, 0.15) is 20.7 Å². The first-order chi connectivity index (χ1) is 11.3. The number of ether oxygens (including phenoxy) is 1. The first-order valence-corrected chi connectivity index (χ1v) is 7.07. The van der Waals surface area contributed by atoms with E-state index in [-0.39, 0.29) is 24.3 Å². The second kappa shape index (κ2) is 5.26. The van der Waals surface area contributed by atoms with Gasteiger partial charge in [0.25, 0.3) is 11.8 Å². The highest BCUT2D eigenvalue weighted by atomic mass is 16.7. The molecule has 0 radical (unpaired) electrons. The van der Waals surface area contributed by atoms with Crippen LogP contribution < -0.4 is 10.2 Å². The lowest BCUT2D eigenvalue weighted by molar-refractivity contribution is 0.0643. The number of para-hydroxylation sites is 1. The predicted molar refractivity (Wildman–Crippen MR) is 80.1 cm³/mol. The zero-order valence-corrected chi connectivity index (χ0v) is 12.0. The van der Waals surface area contributed by atoms with Gasteiger partial charge in [-0.1, -0.05) is 30.3 Å². The summed E-state index contributed by atoms with van der Waals surface area (Å²) in [5.74, 6) is 0.0736. The highest BCUT2D eigenvalue weighted by Crippen LogP contribution is 2.29. The van der Waals surface area contributed by atoms with Crippen LogP contribution in [0.25, 0.3) is 0 Å². The second-order valence-corrected chi connectivity index (χ2v) is 5.07. The number of amides is 2. The first-order valence-electron chi connectivity index (χ1n) is 7.07. The van der Waals surface area contributed by atoms with Gasteiger partial charge in [-0.3, -0.25) is 14.4 Å². The minimum Gasteiger partial charge on any atom is -0.437 e. The van der Waals surface area contributed by atoms with Gasteiger partial charge in [-0.05, 0) is 24.3 Å². The Morgan fingerprint density at radius 1 is 0.913 bits per heavy atom. The Morgan fingerprint density at radius 2 is 1.52 bits per heavy atom. The number of benzene rings is 2. The monoisotopic (exact) mass is 308 g/mol. The van der Waals surface area contributed by atoms with Crippen molar-refractivity contribution in [1.82, 2.24) is 10.4 Å². The highest BCUT2D eigenvalue weighted by molar-refractivity contribution is 6.22. The SMILES string of the molecule is O=C1c2ccccc2C(=O)N1C1=C(Oc2ccccc2)NOC1. The third kappa shape index (κ3) is 2.16. The molecular weight excluding hydrogens is 296 g/mol. The van der Waals surface area contributed by atoms with Gasteiger partial charge in [-0.2, -0.15) is 0 Å². The van der Waals surface area contributed by atoms with Crippen LogP contribution in [0.3, 0.4) is 0 Å². The summed E-state index contributed by atoms with van der Waals surface area (Å²) in [6.07, 6.45) is 0. The van der Waals surface area contributed by atoms with E-state index in [0.29, 0.717) is 22.6 Å². The van der Waals surface area contributed by atoms with Crippen LogP contribution in [0.4, 0.5) is 0 Å². The predicted octanol–water partition coefficient (Wildman–Crippen LogP) is 2.07. The number of imide groups is 1. The maximum atomic E-state index is 12.5. The standard InChI is InChI=1S/C17H12N2O4/c20-16-12-8-4-5-9-13(12)17(21)19(16)14-10-22-18-15(14)23-11-6-2-1-3-7-11/h1-9,18H,10H2. The van der Waals surface area contributed by atoms with Gasteiger partial charge in [0, 0.05) is 0 Å². The van der Waals surface area contributed by atoms with E-state index in [9.17, 15) is 9.59 Å². The molecule has 0 aromatic heterocycles. The van der Waals surface area contributed by atoms with Crippen molar-refractivity contribution in [3.63, 3.8) is 0 Å². The van der Waals surface area contributed by atoms with Crippen molar-refractivity contribution >= 4 is 11.8 Å². The van der Waals surface area contributed by atoms with Crippen molar-refractivity contribution in [2.24, 2.45) is 0 Å². The topological polar surface area (TPSA) is 67.9 Å². The average Bonchev–Trinajstić information content (AvgIpc) is 3.12. The van der Waals surface area contributed by atoms with Crippen LogP contribution in [-0.2, 0) is 4.84 Å². The Bertz CT molecular complexity index is 794. The Labute approximate surface area is 131 Å². The number of nitrogens with zero attached hydrogens (tertiary/aromatic N) is 1. The van der Waals surface area contributed by atoms with Gasteiger partial charge < -0.3 is 4.74 Å². The fraction of sp³-hybridized carbons (Fsp3) is 0.0588. The maximum absolute atomic E-state index is 12.5. The van der Waals surface area contributed by atoms with Crippen LogP contribution in [0, 0.1) is 0 Å². The summed E-state index contributed by atoms with van der Waals surface area (Å²) in [4.78, 5) is 31.3. The van der Waals surface area contributed by atoms with E-state index in [4.69, 9.17) is 9.57 Å². The first kappa shape index (κ1) is 13.5. The van der Waals surface area contributed by atoms with Gasteiger partial charge in [-0.15, -0.1) is 0 Å². The zero-order valence-electron chi connectivity index (χ0n) is 12.0. The number of carbonyl (C=O) groups is 2. The largest absolute Gasteiger partial charge is 0.437 e. The average molecular weight is 308 g/mol. The smallest absolute Gasteiger partial charge is 0.266 e. The Morgan fingerprint density at radius 3 is 2.17 bits per heavy atom. The molecule has 0 spiro atoms. The quantitative estimate of drug-likeness (QED) is 0.879. The zero-order chi connectivity index (χ0) is 15.8. The number of carbonyl (C=O) groups excluding carboxylic acids is 2. The van der Waals surface area contributed by atoms with Crippen molar-refractivity contribution in [1.29, 1.82) is 0 Å². The lowest BCUT2D eigenvalue weighted by atomic mass is 10.1. The number of fused-ring (bicyclic) bond motifs is 1. The molecular formula is C17H12N2O4. The molecule has 4 rings (SSSR count). The van der Waals surface area contributed by atoms with E-state index in [0.717, 1.165) is 4.90 Å². The summed E-state index contributed by atoms with van der Waals surface area (Å²) in [7, 11) is 0. The molecule has 2 aromatic rings. The molecule has 0 fully saturated rings. The molecule has 6 nitrogen and oxygen atoms in total. The Kier molecular flexibility index (Phi) is 3.09. The summed E-state index contributed by atoms with van der Waals surface area (Å²) in [6, 6.07) is 15.8. The summed E-state index contributed by atoms with van der Waals surface area (Å²) >= 11 is 0. The van der Waals surface area contributed by atoms with Crippen LogP contribution in [-0.4, -0.2) is 23.3 Å². The molecule has 0 aliphatic carbocycles. The van der Waals surface area contributed by atoms with Crippen molar-refractivity contribution in [3.8, 4) is 5.75 Å².